The van der Waals surface area contributed by atoms with Crippen molar-refractivity contribution in [3.63, 3.8) is 0 Å². The van der Waals surface area contributed by atoms with E-state index in [-0.39, 0.29) is 11.9 Å². The summed E-state index contributed by atoms with van der Waals surface area (Å²) in [5, 5.41) is 4.77. The second kappa shape index (κ2) is 7.70. The number of carbonyl (C=O) groups is 1. The largest absolute Gasteiger partial charge is 0.497 e. The van der Waals surface area contributed by atoms with Gasteiger partial charge in [-0.05, 0) is 42.5 Å². The minimum Gasteiger partial charge on any atom is -0.497 e. The molecule has 0 aliphatic carbocycles. The van der Waals surface area contributed by atoms with Crippen LogP contribution in [0.3, 0.4) is 0 Å². The van der Waals surface area contributed by atoms with Gasteiger partial charge in [-0.1, -0.05) is 6.07 Å². The van der Waals surface area contributed by atoms with Crippen LogP contribution in [-0.2, 0) is 0 Å². The fourth-order valence-corrected chi connectivity index (χ4v) is 5.07. The summed E-state index contributed by atoms with van der Waals surface area (Å²) in [7, 11) is 3.30. The monoisotopic (exact) mass is 400 g/mol. The zero-order valence-electron chi connectivity index (χ0n) is 15.2. The average molecular weight is 401 g/mol. The van der Waals surface area contributed by atoms with Crippen LogP contribution < -0.4 is 9.47 Å². The molecule has 0 N–H and O–H groups in total. The SMILES string of the molecule is COc1ccc(OC)c(C2CCCN2C(=O)c2csc(-c3cccs3)n2)c1. The van der Waals surface area contributed by atoms with E-state index in [1.54, 1.807) is 25.6 Å². The van der Waals surface area contributed by atoms with Crippen LogP contribution in [0.5, 0.6) is 11.5 Å². The molecule has 7 heteroatoms. The van der Waals surface area contributed by atoms with Crippen molar-refractivity contribution in [1.29, 1.82) is 0 Å². The Bertz CT molecular complexity index is 937. The number of hydrogen-bond acceptors (Lipinski definition) is 6. The Morgan fingerprint density at radius 2 is 2.11 bits per heavy atom. The Morgan fingerprint density at radius 3 is 2.85 bits per heavy atom. The second-order valence-corrected chi connectivity index (χ2v) is 8.09. The van der Waals surface area contributed by atoms with Crippen LogP contribution >= 0.6 is 22.7 Å². The van der Waals surface area contributed by atoms with Gasteiger partial charge in [0.15, 0.2) is 0 Å². The molecule has 0 radical (unpaired) electrons. The molecule has 3 aromatic rings. The number of amides is 1. The maximum Gasteiger partial charge on any atom is 0.273 e. The number of ether oxygens (including phenoxy) is 2. The summed E-state index contributed by atoms with van der Waals surface area (Å²) >= 11 is 3.14. The molecule has 1 saturated heterocycles. The fraction of sp³-hybridized carbons (Fsp3) is 0.300. The van der Waals surface area contributed by atoms with Crippen LogP contribution in [0.15, 0.2) is 41.1 Å². The molecule has 1 aromatic carbocycles. The van der Waals surface area contributed by atoms with Crippen molar-refractivity contribution in [3.8, 4) is 21.4 Å². The molecule has 2 aromatic heterocycles. The predicted octanol–water partition coefficient (Wildman–Crippen LogP) is 4.87. The van der Waals surface area contributed by atoms with Crippen molar-refractivity contribution < 1.29 is 14.3 Å². The number of likely N-dealkylation sites (tertiary alicyclic amines) is 1. The number of aromatic nitrogens is 1. The number of carbonyl (C=O) groups excluding carboxylic acids is 1. The van der Waals surface area contributed by atoms with Crippen LogP contribution in [0.2, 0.25) is 0 Å². The van der Waals surface area contributed by atoms with Gasteiger partial charge >= 0.3 is 0 Å². The highest BCUT2D eigenvalue weighted by Gasteiger charge is 2.33. The van der Waals surface area contributed by atoms with Gasteiger partial charge in [0.05, 0.1) is 25.1 Å². The van der Waals surface area contributed by atoms with Crippen LogP contribution in [-0.4, -0.2) is 36.6 Å². The highest BCUT2D eigenvalue weighted by atomic mass is 32.1. The van der Waals surface area contributed by atoms with E-state index in [1.807, 2.05) is 46.0 Å². The van der Waals surface area contributed by atoms with Gasteiger partial charge in [0.25, 0.3) is 5.91 Å². The van der Waals surface area contributed by atoms with Crippen LogP contribution in [0, 0.1) is 0 Å². The lowest BCUT2D eigenvalue weighted by molar-refractivity contribution is 0.0729. The lowest BCUT2D eigenvalue weighted by Crippen LogP contribution is -2.31. The summed E-state index contributed by atoms with van der Waals surface area (Å²) in [5.74, 6) is 1.51. The summed E-state index contributed by atoms with van der Waals surface area (Å²) in [5.41, 5.74) is 1.49. The molecule has 5 nitrogen and oxygen atoms in total. The zero-order valence-corrected chi connectivity index (χ0v) is 16.8. The molecule has 1 aliphatic rings. The van der Waals surface area contributed by atoms with E-state index < -0.39 is 0 Å². The molecule has 0 saturated carbocycles. The average Bonchev–Trinajstić information content (AvgIpc) is 3.47. The van der Waals surface area contributed by atoms with Crippen molar-refractivity contribution >= 4 is 28.6 Å². The van der Waals surface area contributed by atoms with Crippen molar-refractivity contribution in [2.75, 3.05) is 20.8 Å². The summed E-state index contributed by atoms with van der Waals surface area (Å²) < 4.78 is 10.9. The third-order valence-electron chi connectivity index (χ3n) is 4.76. The van der Waals surface area contributed by atoms with Crippen LogP contribution in [0.25, 0.3) is 9.88 Å². The molecule has 140 valence electrons. The van der Waals surface area contributed by atoms with E-state index >= 15 is 0 Å². The minimum atomic E-state index is -0.0329. The molecule has 1 fully saturated rings. The molecule has 4 rings (SSSR count). The molecule has 1 atom stereocenters. The van der Waals surface area contributed by atoms with Gasteiger partial charge in [-0.25, -0.2) is 4.98 Å². The third kappa shape index (κ3) is 3.44. The first-order valence-electron chi connectivity index (χ1n) is 8.73. The molecular weight excluding hydrogens is 380 g/mol. The van der Waals surface area contributed by atoms with Crippen molar-refractivity contribution in [2.24, 2.45) is 0 Å². The maximum atomic E-state index is 13.2. The van der Waals surface area contributed by atoms with Gasteiger partial charge in [0, 0.05) is 17.5 Å². The zero-order chi connectivity index (χ0) is 18.8. The molecule has 0 spiro atoms. The van der Waals surface area contributed by atoms with Crippen LogP contribution in [0.1, 0.15) is 34.9 Å². The van der Waals surface area contributed by atoms with Gasteiger partial charge in [0.1, 0.15) is 22.2 Å². The molecule has 27 heavy (non-hydrogen) atoms. The molecule has 1 aliphatic heterocycles. The lowest BCUT2D eigenvalue weighted by Gasteiger charge is -2.26. The smallest absolute Gasteiger partial charge is 0.273 e. The lowest BCUT2D eigenvalue weighted by atomic mass is 10.0. The number of thiophene rings is 1. The van der Waals surface area contributed by atoms with E-state index in [2.05, 4.69) is 4.98 Å². The Hall–Kier alpha value is -2.38. The number of benzene rings is 1. The number of rotatable bonds is 5. The van der Waals surface area contributed by atoms with Gasteiger partial charge in [0.2, 0.25) is 0 Å². The topological polar surface area (TPSA) is 51.7 Å². The molecular formula is C20H20N2O3S2. The first kappa shape index (κ1) is 18.0. The summed E-state index contributed by atoms with van der Waals surface area (Å²) in [6, 6.07) is 9.72. The van der Waals surface area contributed by atoms with Gasteiger partial charge in [-0.15, -0.1) is 22.7 Å². The van der Waals surface area contributed by atoms with Crippen molar-refractivity contribution in [1.82, 2.24) is 9.88 Å². The molecule has 0 bridgehead atoms. The predicted molar refractivity (Wildman–Crippen MR) is 108 cm³/mol. The Morgan fingerprint density at radius 1 is 1.22 bits per heavy atom. The Labute approximate surface area is 166 Å². The molecule has 1 unspecified atom stereocenters. The molecule has 1 amide bonds. The maximum absolute atomic E-state index is 13.2. The highest BCUT2D eigenvalue weighted by molar-refractivity contribution is 7.20. The van der Waals surface area contributed by atoms with E-state index in [9.17, 15) is 4.79 Å². The van der Waals surface area contributed by atoms with Gasteiger partial charge in [-0.3, -0.25) is 4.79 Å². The normalized spacial score (nSPS) is 16.5. The highest BCUT2D eigenvalue weighted by Crippen LogP contribution is 2.40. The molecule has 3 heterocycles. The quantitative estimate of drug-likeness (QED) is 0.613. The van der Waals surface area contributed by atoms with Crippen LogP contribution in [0.4, 0.5) is 0 Å². The number of nitrogens with zero attached hydrogens (tertiary/aromatic N) is 2. The van der Waals surface area contributed by atoms with E-state index in [0.717, 1.165) is 46.3 Å². The summed E-state index contributed by atoms with van der Waals surface area (Å²) in [4.78, 5) is 20.7. The summed E-state index contributed by atoms with van der Waals surface area (Å²) in [6.45, 7) is 0.718. The first-order valence-corrected chi connectivity index (χ1v) is 10.5. The van der Waals surface area contributed by atoms with E-state index in [1.165, 1.54) is 11.3 Å². The Kier molecular flexibility index (Phi) is 5.13. The number of thiazole rings is 1. The minimum absolute atomic E-state index is 0.0265. The first-order chi connectivity index (χ1) is 13.2. The third-order valence-corrected chi connectivity index (χ3v) is 6.65. The summed E-state index contributed by atoms with van der Waals surface area (Å²) in [6.07, 6.45) is 1.86. The van der Waals surface area contributed by atoms with Crippen molar-refractivity contribution in [2.45, 2.75) is 18.9 Å². The standard InChI is InChI=1S/C20H20N2O3S2/c1-24-13-7-8-17(25-2)14(11-13)16-5-3-9-22(16)20(23)15-12-27-19(21-15)18-6-4-10-26-18/h4,6-8,10-12,16H,3,5,9H2,1-2H3. The fourth-order valence-electron chi connectivity index (χ4n) is 3.47. The van der Waals surface area contributed by atoms with E-state index in [0.29, 0.717) is 5.69 Å². The second-order valence-electron chi connectivity index (χ2n) is 6.28. The number of hydrogen-bond donors (Lipinski definition) is 0. The van der Waals surface area contributed by atoms with Gasteiger partial charge in [-0.2, -0.15) is 0 Å². The Balaban J connectivity index is 1.63. The van der Waals surface area contributed by atoms with Crippen molar-refractivity contribution in [3.05, 3.63) is 52.3 Å². The van der Waals surface area contributed by atoms with E-state index in [4.69, 9.17) is 9.47 Å². The van der Waals surface area contributed by atoms with Gasteiger partial charge < -0.3 is 14.4 Å². The number of methoxy groups -OCH3 is 2.